The van der Waals surface area contributed by atoms with Gasteiger partial charge in [-0.05, 0) is 19.4 Å². The van der Waals surface area contributed by atoms with Gasteiger partial charge in [0.25, 0.3) is 0 Å². The highest BCUT2D eigenvalue weighted by Crippen LogP contribution is 1.97. The minimum Gasteiger partial charge on any atom is -0.106 e. The molecule has 1 aromatic carbocycles. The molecular weight excluding hydrogens is 192 g/mol. The molecule has 0 aliphatic rings. The molecule has 0 aliphatic heterocycles. The second-order valence-electron chi connectivity index (χ2n) is 2.43. The Morgan fingerprint density at radius 2 is 1.12 bits per heavy atom. The van der Waals surface area contributed by atoms with Crippen molar-refractivity contribution in [3.05, 3.63) is 80.9 Å². The Morgan fingerprint density at radius 3 is 1.31 bits per heavy atom. The van der Waals surface area contributed by atoms with Gasteiger partial charge >= 0.3 is 0 Å². The van der Waals surface area contributed by atoms with Gasteiger partial charge in [0.2, 0.25) is 0 Å². The molecule has 0 unspecified atom stereocenters. The molecule has 0 atom stereocenters. The van der Waals surface area contributed by atoms with Crippen molar-refractivity contribution >= 4 is 6.08 Å². The number of hydrogen-bond acceptors (Lipinski definition) is 0. The van der Waals surface area contributed by atoms with Crippen LogP contribution in [0.15, 0.2) is 75.4 Å². The van der Waals surface area contributed by atoms with E-state index in [0.29, 0.717) is 0 Å². The summed E-state index contributed by atoms with van der Waals surface area (Å²) in [5, 5.41) is 0. The molecule has 0 aliphatic carbocycles. The molecule has 0 heteroatoms. The normalized spacial score (nSPS) is 6.12. The molecular formula is C16H24. The number of rotatable bonds is 1. The lowest BCUT2D eigenvalue weighted by Crippen LogP contribution is -1.63. The molecule has 16 heavy (non-hydrogen) atoms. The second-order valence-corrected chi connectivity index (χ2v) is 2.43. The molecule has 1 rings (SSSR count). The second kappa shape index (κ2) is 23.2. The average molecular weight is 216 g/mol. The van der Waals surface area contributed by atoms with Gasteiger partial charge in [-0.25, -0.2) is 0 Å². The third kappa shape index (κ3) is 22.8. The van der Waals surface area contributed by atoms with Crippen LogP contribution >= 0.6 is 0 Å². The highest BCUT2D eigenvalue weighted by Gasteiger charge is 1.75. The number of hydrogen-bond donors (Lipinski definition) is 0. The molecule has 1 aromatic rings. The maximum Gasteiger partial charge on any atom is -0.0263 e. The molecule has 0 N–H and O–H groups in total. The Bertz CT molecular complexity index is 238. The van der Waals surface area contributed by atoms with E-state index >= 15 is 0 Å². The van der Waals surface area contributed by atoms with Crippen molar-refractivity contribution in [1.82, 2.24) is 0 Å². The highest BCUT2D eigenvalue weighted by molar-refractivity contribution is 5.45. The fourth-order valence-corrected chi connectivity index (χ4v) is 0.589. The zero-order valence-electron chi connectivity index (χ0n) is 10.7. The molecule has 0 amide bonds. The van der Waals surface area contributed by atoms with Crippen LogP contribution in [0, 0.1) is 0 Å². The fourth-order valence-electron chi connectivity index (χ4n) is 0.589. The van der Waals surface area contributed by atoms with E-state index < -0.39 is 0 Å². The smallest absolute Gasteiger partial charge is 0.0263 e. The SMILES string of the molecule is C=C.C=CC.C=CC.C=Cc1ccccc1. The summed E-state index contributed by atoms with van der Waals surface area (Å²) < 4.78 is 0. The van der Waals surface area contributed by atoms with Crippen molar-refractivity contribution in [2.24, 2.45) is 0 Å². The largest absolute Gasteiger partial charge is 0.106 e. The van der Waals surface area contributed by atoms with Crippen LogP contribution in [-0.4, -0.2) is 0 Å². The van der Waals surface area contributed by atoms with Crippen LogP contribution < -0.4 is 0 Å². The topological polar surface area (TPSA) is 0 Å². The lowest BCUT2D eigenvalue weighted by molar-refractivity contribution is 1.67. The van der Waals surface area contributed by atoms with Gasteiger partial charge in [-0.15, -0.1) is 26.3 Å². The molecule has 0 fully saturated rings. The third-order valence-electron chi connectivity index (χ3n) is 1.04. The summed E-state index contributed by atoms with van der Waals surface area (Å²) in [7, 11) is 0. The summed E-state index contributed by atoms with van der Waals surface area (Å²) in [6, 6.07) is 10.0. The lowest BCUT2D eigenvalue weighted by Gasteiger charge is -1.85. The average Bonchev–Trinajstić information content (AvgIpc) is 2.35. The summed E-state index contributed by atoms with van der Waals surface area (Å²) in [6.07, 6.45) is 5.33. The molecule has 0 bridgehead atoms. The van der Waals surface area contributed by atoms with Gasteiger partial charge in [-0.1, -0.05) is 55.1 Å². The quantitative estimate of drug-likeness (QED) is 0.542. The third-order valence-corrected chi connectivity index (χ3v) is 1.04. The van der Waals surface area contributed by atoms with Crippen molar-refractivity contribution in [3.8, 4) is 0 Å². The first-order valence-electron chi connectivity index (χ1n) is 5.08. The number of benzene rings is 1. The van der Waals surface area contributed by atoms with Gasteiger partial charge in [-0.2, -0.15) is 0 Å². The maximum atomic E-state index is 3.63. The van der Waals surface area contributed by atoms with E-state index in [1.807, 2.05) is 50.3 Å². The monoisotopic (exact) mass is 216 g/mol. The van der Waals surface area contributed by atoms with Crippen molar-refractivity contribution in [2.45, 2.75) is 13.8 Å². The van der Waals surface area contributed by atoms with Crippen LogP contribution in [0.2, 0.25) is 0 Å². The molecule has 0 saturated heterocycles. The van der Waals surface area contributed by atoms with Crippen LogP contribution in [0.3, 0.4) is 0 Å². The molecule has 0 radical (unpaired) electrons. The van der Waals surface area contributed by atoms with E-state index in [9.17, 15) is 0 Å². The molecule has 0 heterocycles. The van der Waals surface area contributed by atoms with Gasteiger partial charge in [0.05, 0.1) is 0 Å². The van der Waals surface area contributed by atoms with Crippen molar-refractivity contribution in [3.63, 3.8) is 0 Å². The summed E-state index contributed by atoms with van der Waals surface area (Å²) in [5.41, 5.74) is 1.17. The van der Waals surface area contributed by atoms with E-state index in [-0.39, 0.29) is 0 Å². The summed E-state index contributed by atoms with van der Waals surface area (Å²) in [5.74, 6) is 0. The summed E-state index contributed by atoms with van der Waals surface area (Å²) >= 11 is 0. The van der Waals surface area contributed by atoms with E-state index in [2.05, 4.69) is 32.9 Å². The zero-order valence-corrected chi connectivity index (χ0v) is 10.7. The van der Waals surface area contributed by atoms with Gasteiger partial charge in [-0.3, -0.25) is 0 Å². The Labute approximate surface area is 101 Å². The number of allylic oxidation sites excluding steroid dienone is 2. The fraction of sp³-hybridized carbons (Fsp3) is 0.125. The molecule has 0 saturated carbocycles. The molecule has 0 nitrogen and oxygen atoms in total. The van der Waals surface area contributed by atoms with Gasteiger partial charge in [0.15, 0.2) is 0 Å². The van der Waals surface area contributed by atoms with Gasteiger partial charge < -0.3 is 0 Å². The standard InChI is InChI=1S/C8H8.2C3H6.C2H4/c1-2-8-6-4-3-5-7-8;2*1-3-2;1-2/h2-7H,1H2;2*3H,1H2,2H3;1-2H2. The molecule has 0 spiro atoms. The van der Waals surface area contributed by atoms with Gasteiger partial charge in [0.1, 0.15) is 0 Å². The minimum absolute atomic E-state index is 1.17. The van der Waals surface area contributed by atoms with Crippen LogP contribution in [0.5, 0.6) is 0 Å². The van der Waals surface area contributed by atoms with Crippen LogP contribution in [0.25, 0.3) is 6.08 Å². The maximum absolute atomic E-state index is 3.63. The van der Waals surface area contributed by atoms with E-state index in [0.717, 1.165) is 0 Å². The van der Waals surface area contributed by atoms with Crippen LogP contribution in [-0.2, 0) is 0 Å². The minimum atomic E-state index is 1.17. The first-order valence-corrected chi connectivity index (χ1v) is 5.08. The predicted molar refractivity (Wildman–Crippen MR) is 79.5 cm³/mol. The van der Waals surface area contributed by atoms with Crippen molar-refractivity contribution in [2.75, 3.05) is 0 Å². The lowest BCUT2D eigenvalue weighted by atomic mass is 10.2. The molecule has 0 aromatic heterocycles. The summed E-state index contributed by atoms with van der Waals surface area (Å²) in [4.78, 5) is 0. The van der Waals surface area contributed by atoms with Crippen molar-refractivity contribution in [1.29, 1.82) is 0 Å². The predicted octanol–water partition coefficient (Wildman–Crippen LogP) is 5.52. The van der Waals surface area contributed by atoms with Crippen LogP contribution in [0.1, 0.15) is 19.4 Å². The Balaban J connectivity index is -0.000000179. The van der Waals surface area contributed by atoms with E-state index in [1.54, 1.807) is 12.2 Å². The first-order chi connectivity index (χ1) is 7.76. The Hall–Kier alpha value is -1.82. The van der Waals surface area contributed by atoms with Crippen molar-refractivity contribution < 1.29 is 0 Å². The highest BCUT2D eigenvalue weighted by atomic mass is 13.8. The first kappa shape index (κ1) is 19.7. The Kier molecular flexibility index (Phi) is 28.6. The van der Waals surface area contributed by atoms with E-state index in [4.69, 9.17) is 0 Å². The van der Waals surface area contributed by atoms with Gasteiger partial charge in [0, 0.05) is 0 Å². The van der Waals surface area contributed by atoms with Crippen LogP contribution in [0.4, 0.5) is 0 Å². The molecule has 88 valence electrons. The zero-order chi connectivity index (χ0) is 13.2. The van der Waals surface area contributed by atoms with E-state index in [1.165, 1.54) is 5.56 Å². The Morgan fingerprint density at radius 1 is 0.812 bits per heavy atom. The summed E-state index contributed by atoms with van der Waals surface area (Å²) in [6.45, 7) is 20.1.